The van der Waals surface area contributed by atoms with Gasteiger partial charge in [-0.1, -0.05) is 30.7 Å². The van der Waals surface area contributed by atoms with Crippen LogP contribution in [0.1, 0.15) is 23.7 Å². The SMILES string of the molecule is CCC(=O)c1ccc(OCC(N)=S)cc1Cl. The maximum atomic E-state index is 11.4. The summed E-state index contributed by atoms with van der Waals surface area (Å²) >= 11 is 10.6. The van der Waals surface area contributed by atoms with Gasteiger partial charge in [0.15, 0.2) is 5.78 Å². The first kappa shape index (κ1) is 12.9. The van der Waals surface area contributed by atoms with Gasteiger partial charge < -0.3 is 10.5 Å². The molecule has 0 aliphatic heterocycles. The normalized spacial score (nSPS) is 9.88. The van der Waals surface area contributed by atoms with Gasteiger partial charge in [-0.2, -0.15) is 0 Å². The van der Waals surface area contributed by atoms with Crippen molar-refractivity contribution in [2.75, 3.05) is 6.61 Å². The summed E-state index contributed by atoms with van der Waals surface area (Å²) in [7, 11) is 0. The molecule has 0 saturated carbocycles. The van der Waals surface area contributed by atoms with Crippen LogP contribution in [0.4, 0.5) is 0 Å². The van der Waals surface area contributed by atoms with Crippen LogP contribution in [-0.2, 0) is 0 Å². The van der Waals surface area contributed by atoms with Crippen LogP contribution in [-0.4, -0.2) is 17.4 Å². The largest absolute Gasteiger partial charge is 0.486 e. The minimum Gasteiger partial charge on any atom is -0.486 e. The van der Waals surface area contributed by atoms with E-state index in [-0.39, 0.29) is 17.4 Å². The Balaban J connectivity index is 2.82. The van der Waals surface area contributed by atoms with Crippen LogP contribution >= 0.6 is 23.8 Å². The molecule has 0 atom stereocenters. The van der Waals surface area contributed by atoms with Gasteiger partial charge in [-0.25, -0.2) is 0 Å². The molecule has 0 amide bonds. The van der Waals surface area contributed by atoms with E-state index < -0.39 is 0 Å². The number of benzene rings is 1. The lowest BCUT2D eigenvalue weighted by molar-refractivity contribution is 0.0988. The molecule has 3 nitrogen and oxygen atoms in total. The zero-order valence-electron chi connectivity index (χ0n) is 8.83. The number of rotatable bonds is 5. The Hall–Kier alpha value is -1.13. The first-order valence-corrected chi connectivity index (χ1v) is 5.57. The van der Waals surface area contributed by atoms with Gasteiger partial charge in [-0.05, 0) is 18.2 Å². The number of Topliss-reactive ketones (excluding diaryl/α,β-unsaturated/α-hetero) is 1. The van der Waals surface area contributed by atoms with E-state index in [2.05, 4.69) is 12.2 Å². The number of hydrogen-bond donors (Lipinski definition) is 1. The number of carbonyl (C=O) groups excluding carboxylic acids is 1. The first-order chi connectivity index (χ1) is 7.54. The molecular weight excluding hydrogens is 246 g/mol. The molecule has 0 aromatic heterocycles. The summed E-state index contributed by atoms with van der Waals surface area (Å²) in [4.78, 5) is 11.7. The summed E-state index contributed by atoms with van der Waals surface area (Å²) < 4.78 is 5.25. The Morgan fingerprint density at radius 1 is 1.56 bits per heavy atom. The molecule has 1 aromatic rings. The topological polar surface area (TPSA) is 52.3 Å². The fraction of sp³-hybridized carbons (Fsp3) is 0.273. The van der Waals surface area contributed by atoms with Crippen LogP contribution in [0, 0.1) is 0 Å². The van der Waals surface area contributed by atoms with Crippen LogP contribution in [0.5, 0.6) is 5.75 Å². The maximum Gasteiger partial charge on any atom is 0.164 e. The molecule has 0 saturated heterocycles. The van der Waals surface area contributed by atoms with Crippen molar-refractivity contribution in [3.63, 3.8) is 0 Å². The molecule has 0 unspecified atom stereocenters. The number of halogens is 1. The quantitative estimate of drug-likeness (QED) is 0.651. The van der Waals surface area contributed by atoms with Gasteiger partial charge in [-0.15, -0.1) is 0 Å². The van der Waals surface area contributed by atoms with E-state index in [1.165, 1.54) is 0 Å². The average molecular weight is 258 g/mol. The second kappa shape index (κ2) is 5.82. The zero-order valence-corrected chi connectivity index (χ0v) is 10.4. The lowest BCUT2D eigenvalue weighted by Crippen LogP contribution is -2.17. The molecule has 0 aliphatic carbocycles. The second-order valence-corrected chi connectivity index (χ2v) is 4.10. The second-order valence-electron chi connectivity index (χ2n) is 3.17. The highest BCUT2D eigenvalue weighted by molar-refractivity contribution is 7.80. The van der Waals surface area contributed by atoms with Gasteiger partial charge >= 0.3 is 0 Å². The van der Waals surface area contributed by atoms with Crippen LogP contribution in [0.25, 0.3) is 0 Å². The van der Waals surface area contributed by atoms with Crippen LogP contribution in [0.15, 0.2) is 18.2 Å². The van der Waals surface area contributed by atoms with Gasteiger partial charge in [0.25, 0.3) is 0 Å². The number of thiocarbonyl (C=S) groups is 1. The molecule has 2 N–H and O–H groups in total. The van der Waals surface area contributed by atoms with E-state index in [4.69, 9.17) is 22.1 Å². The van der Waals surface area contributed by atoms with E-state index in [0.717, 1.165) is 0 Å². The van der Waals surface area contributed by atoms with Crippen molar-refractivity contribution in [2.45, 2.75) is 13.3 Å². The van der Waals surface area contributed by atoms with Crippen molar-refractivity contribution in [2.24, 2.45) is 5.73 Å². The fourth-order valence-corrected chi connectivity index (χ4v) is 1.49. The number of ether oxygens (including phenoxy) is 1. The van der Waals surface area contributed by atoms with E-state index in [1.807, 2.05) is 0 Å². The van der Waals surface area contributed by atoms with Crippen molar-refractivity contribution >= 4 is 34.6 Å². The zero-order chi connectivity index (χ0) is 12.1. The third-order valence-corrected chi connectivity index (χ3v) is 2.37. The van der Waals surface area contributed by atoms with Gasteiger partial charge in [0.1, 0.15) is 17.3 Å². The smallest absolute Gasteiger partial charge is 0.164 e. The average Bonchev–Trinajstić information content (AvgIpc) is 2.25. The van der Waals surface area contributed by atoms with Crippen molar-refractivity contribution < 1.29 is 9.53 Å². The third kappa shape index (κ3) is 3.47. The predicted octanol–water partition coefficient (Wildman–Crippen LogP) is 2.60. The van der Waals surface area contributed by atoms with E-state index in [1.54, 1.807) is 25.1 Å². The Kier molecular flexibility index (Phi) is 4.71. The number of ketones is 1. The van der Waals surface area contributed by atoms with Gasteiger partial charge in [0.2, 0.25) is 0 Å². The van der Waals surface area contributed by atoms with Crippen molar-refractivity contribution in [3.05, 3.63) is 28.8 Å². The standard InChI is InChI=1S/C11H12ClNO2S/c1-2-10(14)8-4-3-7(5-9(8)12)15-6-11(13)16/h3-5H,2,6H2,1H3,(H2,13,16). The summed E-state index contributed by atoms with van der Waals surface area (Å²) in [5.41, 5.74) is 5.80. The number of carbonyl (C=O) groups is 1. The molecular formula is C11H12ClNO2S. The predicted molar refractivity (Wildman–Crippen MR) is 68.4 cm³/mol. The van der Waals surface area contributed by atoms with Gasteiger partial charge in [-0.3, -0.25) is 4.79 Å². The molecule has 0 spiro atoms. The molecule has 86 valence electrons. The molecule has 0 aliphatic rings. The highest BCUT2D eigenvalue weighted by Crippen LogP contribution is 2.23. The minimum atomic E-state index is 0.00546. The molecule has 16 heavy (non-hydrogen) atoms. The summed E-state index contributed by atoms with van der Waals surface area (Å²) in [5, 5.41) is 0.382. The van der Waals surface area contributed by atoms with Gasteiger partial charge in [0.05, 0.1) is 5.02 Å². The molecule has 0 fully saturated rings. The van der Waals surface area contributed by atoms with E-state index >= 15 is 0 Å². The minimum absolute atomic E-state index is 0.00546. The van der Waals surface area contributed by atoms with Crippen molar-refractivity contribution in [1.82, 2.24) is 0 Å². The lowest BCUT2D eigenvalue weighted by atomic mass is 10.1. The van der Waals surface area contributed by atoms with E-state index in [9.17, 15) is 4.79 Å². The fourth-order valence-electron chi connectivity index (χ4n) is 1.16. The maximum absolute atomic E-state index is 11.4. The van der Waals surface area contributed by atoms with E-state index in [0.29, 0.717) is 22.8 Å². The molecule has 0 heterocycles. The van der Waals surface area contributed by atoms with Crippen LogP contribution in [0.3, 0.4) is 0 Å². The van der Waals surface area contributed by atoms with Crippen molar-refractivity contribution in [1.29, 1.82) is 0 Å². The molecule has 0 bridgehead atoms. The Morgan fingerprint density at radius 3 is 2.75 bits per heavy atom. The molecule has 1 aromatic carbocycles. The number of nitrogens with two attached hydrogens (primary N) is 1. The molecule has 0 radical (unpaired) electrons. The van der Waals surface area contributed by atoms with Gasteiger partial charge in [0, 0.05) is 12.0 Å². The summed E-state index contributed by atoms with van der Waals surface area (Å²) in [6.07, 6.45) is 0.423. The first-order valence-electron chi connectivity index (χ1n) is 4.78. The monoisotopic (exact) mass is 257 g/mol. The summed E-state index contributed by atoms with van der Waals surface area (Å²) in [6, 6.07) is 4.90. The molecule has 1 rings (SSSR count). The highest BCUT2D eigenvalue weighted by atomic mass is 35.5. The third-order valence-electron chi connectivity index (χ3n) is 1.94. The number of hydrogen-bond acceptors (Lipinski definition) is 3. The Labute approximate surface area is 105 Å². The summed E-state index contributed by atoms with van der Waals surface area (Å²) in [5.74, 6) is 0.552. The summed E-state index contributed by atoms with van der Waals surface area (Å²) in [6.45, 7) is 1.95. The Morgan fingerprint density at radius 2 is 2.25 bits per heavy atom. The van der Waals surface area contributed by atoms with Crippen LogP contribution < -0.4 is 10.5 Å². The lowest BCUT2D eigenvalue weighted by Gasteiger charge is -2.07. The molecule has 5 heteroatoms. The van der Waals surface area contributed by atoms with Crippen molar-refractivity contribution in [3.8, 4) is 5.75 Å². The highest BCUT2D eigenvalue weighted by Gasteiger charge is 2.09. The van der Waals surface area contributed by atoms with Crippen LogP contribution in [0.2, 0.25) is 5.02 Å². The Bertz CT molecular complexity index is 420.